The Morgan fingerprint density at radius 2 is 0.580 bits per heavy atom. The molecule has 0 fully saturated rings. The van der Waals surface area contributed by atoms with E-state index in [0.29, 0.717) is 66.9 Å². The van der Waals surface area contributed by atoms with Crippen LogP contribution in [0.4, 0.5) is 0 Å². The molecule has 0 amide bonds. The Morgan fingerprint density at radius 3 is 0.768 bits per heavy atom. The molecule has 6 heteroatoms. The predicted molar refractivity (Wildman–Crippen MR) is 291 cm³/mol. The van der Waals surface area contributed by atoms with Crippen molar-refractivity contribution >= 4 is 5.97 Å². The first-order chi connectivity index (χ1) is 30.5. The van der Waals surface area contributed by atoms with Crippen LogP contribution in [0.2, 0.25) is 0 Å². The third-order valence-corrected chi connectivity index (χ3v) is 15.1. The Labute approximate surface area is 419 Å². The third kappa shape index (κ3) is 9.95. The molecule has 0 aromatic carbocycles. The molecule has 0 saturated carbocycles. The number of carboxylic acids is 1. The van der Waals surface area contributed by atoms with Crippen LogP contribution in [0, 0.1) is 78.3 Å². The van der Waals surface area contributed by atoms with Crippen molar-refractivity contribution in [3.8, 4) is 0 Å². The van der Waals surface area contributed by atoms with Gasteiger partial charge in [-0.05, 0) is 93.8 Å². The van der Waals surface area contributed by atoms with Gasteiger partial charge >= 0.3 is 5.97 Å². The molecule has 0 aromatic heterocycles. The van der Waals surface area contributed by atoms with Crippen molar-refractivity contribution in [2.24, 2.45) is 78.3 Å². The van der Waals surface area contributed by atoms with Crippen LogP contribution in [-0.2, 0) is 4.79 Å². The minimum Gasteiger partial charge on any atom is -0.507 e. The average Bonchev–Trinajstić information content (AvgIpc) is 3.07. The number of rotatable bonds is 6. The zero-order valence-electron chi connectivity index (χ0n) is 47.7. The monoisotopic (exact) mass is 947 g/mol. The lowest BCUT2D eigenvalue weighted by Gasteiger charge is -2.57. The molecule has 4 aliphatic carbocycles. The molecule has 4 atom stereocenters. The van der Waals surface area contributed by atoms with Gasteiger partial charge in [0.1, 0.15) is 23.0 Å². The SMILES string of the molecule is C=C1C(C(C)(C)C)=C(O)C(C(C)(C)C)=CC1C(C1C=C(C(C)(C)C)C(O)=C(C(C)(C)C)C1=C)C(C(=O)O)(C1C=C(C(C)(C)C)C(O)=C(C(C)(C)C)C1=C)C1C=C(C(C)(C)C)C(O)=C(C(C)(C)C)C1=C. The molecule has 0 aromatic rings. The normalized spacial score (nSPS) is 24.9. The molecule has 0 spiro atoms. The molecule has 6 nitrogen and oxygen atoms in total. The van der Waals surface area contributed by atoms with Crippen LogP contribution < -0.4 is 0 Å². The van der Waals surface area contributed by atoms with E-state index in [1.54, 1.807) is 0 Å². The van der Waals surface area contributed by atoms with Crippen LogP contribution in [0.25, 0.3) is 0 Å². The molecule has 69 heavy (non-hydrogen) atoms. The molecule has 0 radical (unpaired) electrons. The molecule has 5 N–H and O–H groups in total. The Morgan fingerprint density at radius 1 is 0.377 bits per heavy atom. The van der Waals surface area contributed by atoms with Gasteiger partial charge in [0.05, 0.1) is 5.41 Å². The van der Waals surface area contributed by atoms with Gasteiger partial charge in [-0.2, -0.15) is 0 Å². The van der Waals surface area contributed by atoms with Gasteiger partial charge in [0.15, 0.2) is 0 Å². The number of aliphatic hydroxyl groups excluding tert-OH is 4. The Balaban J connectivity index is 2.61. The number of allylic oxidation sites excluding steroid dienone is 16. The topological polar surface area (TPSA) is 118 Å². The van der Waals surface area contributed by atoms with E-state index in [1.807, 2.05) is 95.2 Å². The van der Waals surface area contributed by atoms with E-state index < -0.39 is 84.3 Å². The smallest absolute Gasteiger partial charge is 0.311 e. The maximum atomic E-state index is 16.4. The molecule has 382 valence electrons. The minimum atomic E-state index is -1.98. The van der Waals surface area contributed by atoms with Crippen LogP contribution in [-0.4, -0.2) is 31.5 Å². The van der Waals surface area contributed by atoms with Gasteiger partial charge in [0.2, 0.25) is 0 Å². The summed E-state index contributed by atoms with van der Waals surface area (Å²) in [7, 11) is 0. The van der Waals surface area contributed by atoms with Crippen LogP contribution in [0.5, 0.6) is 0 Å². The number of hydrogen-bond donors (Lipinski definition) is 5. The van der Waals surface area contributed by atoms with Crippen LogP contribution in [0.15, 0.2) is 141 Å². The van der Waals surface area contributed by atoms with Crippen LogP contribution >= 0.6 is 0 Å². The van der Waals surface area contributed by atoms with E-state index >= 15 is 4.79 Å². The van der Waals surface area contributed by atoms with Gasteiger partial charge in [-0.25, -0.2) is 0 Å². The highest BCUT2D eigenvalue weighted by molar-refractivity contribution is 5.82. The highest BCUT2D eigenvalue weighted by atomic mass is 16.4. The zero-order chi connectivity index (χ0) is 54.0. The summed E-state index contributed by atoms with van der Waals surface area (Å²) in [6, 6.07) is 0. The van der Waals surface area contributed by atoms with Gasteiger partial charge in [-0.1, -0.05) is 217 Å². The quantitative estimate of drug-likeness (QED) is 0.181. The molecule has 0 bridgehead atoms. The van der Waals surface area contributed by atoms with Gasteiger partial charge < -0.3 is 25.5 Å². The summed E-state index contributed by atoms with van der Waals surface area (Å²) in [4.78, 5) is 16.4. The van der Waals surface area contributed by atoms with Crippen molar-refractivity contribution in [3.05, 3.63) is 141 Å². The van der Waals surface area contributed by atoms with Gasteiger partial charge in [-0.3, -0.25) is 4.79 Å². The summed E-state index contributed by atoms with van der Waals surface area (Å²) in [6.07, 6.45) is 8.07. The first kappa shape index (κ1) is 57.1. The molecule has 4 unspecified atom stereocenters. The summed E-state index contributed by atoms with van der Waals surface area (Å²) in [5.41, 5.74) is -0.0920. The summed E-state index contributed by atoms with van der Waals surface area (Å²) in [5, 5.41) is 63.6. The summed E-state index contributed by atoms with van der Waals surface area (Å²) in [6.45, 7) is 68.6. The third-order valence-electron chi connectivity index (χ3n) is 15.1. The molecule has 4 rings (SSSR count). The molecule has 0 saturated heterocycles. The first-order valence-electron chi connectivity index (χ1n) is 25.2. The fourth-order valence-corrected chi connectivity index (χ4v) is 12.3. The Hall–Kier alpha value is -4.45. The second-order valence-electron chi connectivity index (χ2n) is 29.1. The lowest BCUT2D eigenvalue weighted by atomic mass is 9.44. The fraction of sp³-hybridized carbons (Fsp3) is 0.603. The van der Waals surface area contributed by atoms with Gasteiger partial charge in [0, 0.05) is 46.0 Å². The fourth-order valence-electron chi connectivity index (χ4n) is 12.3. The lowest BCUT2D eigenvalue weighted by Crippen LogP contribution is -2.58. The lowest BCUT2D eigenvalue weighted by molar-refractivity contribution is -0.160. The summed E-state index contributed by atoms with van der Waals surface area (Å²) >= 11 is 0. The summed E-state index contributed by atoms with van der Waals surface area (Å²) < 4.78 is 0. The van der Waals surface area contributed by atoms with E-state index in [9.17, 15) is 25.5 Å². The maximum Gasteiger partial charge on any atom is 0.311 e. The molecular formula is C63H94O6. The molecule has 0 heterocycles. The number of carbonyl (C=O) groups is 1. The van der Waals surface area contributed by atoms with E-state index in [2.05, 4.69) is 95.2 Å². The predicted octanol–water partition coefficient (Wildman–Crippen LogP) is 17.7. The minimum absolute atomic E-state index is 0.0909. The maximum absolute atomic E-state index is 16.4. The van der Waals surface area contributed by atoms with Crippen molar-refractivity contribution in [2.75, 3.05) is 0 Å². The largest absolute Gasteiger partial charge is 0.507 e. The van der Waals surface area contributed by atoms with Gasteiger partial charge in [0.25, 0.3) is 0 Å². The second-order valence-corrected chi connectivity index (χ2v) is 29.1. The molecule has 0 aliphatic heterocycles. The van der Waals surface area contributed by atoms with Crippen molar-refractivity contribution in [1.82, 2.24) is 0 Å². The first-order valence-corrected chi connectivity index (χ1v) is 25.2. The Kier molecular flexibility index (Phi) is 14.4. The standard InChI is InChI=1S/C63H94O6/c1-33-37(29-41(55(5,6)7)50(64)45(33)59(17,18)19)49(38-30-42(56(8,9)10)51(65)46(34(38)2)60(20,21)22)63(54(68)69,39-31-43(57(11,12)13)52(66)47(35(39)3)61(23,24)25)40-32-44(58(14,15)16)53(67)48(36(40)4)62(26,27)28/h29-32,37-40,49,64-67H,1-4H2,5-28H3,(H,68,69). The Bertz CT molecular complexity index is 2320. The number of aliphatic carboxylic acids is 1. The zero-order valence-corrected chi connectivity index (χ0v) is 47.7. The van der Waals surface area contributed by atoms with Crippen molar-refractivity contribution in [1.29, 1.82) is 0 Å². The number of carboxylic acid groups (broad SMARTS) is 1. The van der Waals surface area contributed by atoms with Gasteiger partial charge in [-0.15, -0.1) is 0 Å². The molecule has 4 aliphatic rings. The van der Waals surface area contributed by atoms with Crippen LogP contribution in [0.1, 0.15) is 166 Å². The van der Waals surface area contributed by atoms with E-state index in [4.69, 9.17) is 26.3 Å². The second kappa shape index (κ2) is 17.4. The summed E-state index contributed by atoms with van der Waals surface area (Å²) in [5.74, 6) is -5.28. The van der Waals surface area contributed by atoms with Crippen LogP contribution in [0.3, 0.4) is 0 Å². The van der Waals surface area contributed by atoms with Crippen molar-refractivity contribution in [2.45, 2.75) is 166 Å². The highest BCUT2D eigenvalue weighted by Gasteiger charge is 2.65. The number of aliphatic hydroxyl groups is 4. The van der Waals surface area contributed by atoms with E-state index in [1.165, 1.54) is 0 Å². The number of hydrogen-bond acceptors (Lipinski definition) is 5. The average molecular weight is 947 g/mol. The van der Waals surface area contributed by atoms with Crippen molar-refractivity contribution in [3.63, 3.8) is 0 Å². The van der Waals surface area contributed by atoms with E-state index in [-0.39, 0.29) is 23.0 Å². The van der Waals surface area contributed by atoms with Crippen molar-refractivity contribution < 1.29 is 30.3 Å². The van der Waals surface area contributed by atoms with E-state index in [0.717, 1.165) is 0 Å². The highest BCUT2D eigenvalue weighted by Crippen LogP contribution is 2.67. The molecular weight excluding hydrogens is 853 g/mol.